The molecule has 0 aromatic carbocycles. The third kappa shape index (κ3) is 2.76. The summed E-state index contributed by atoms with van der Waals surface area (Å²) in [7, 11) is 0. The number of amides is 2. The van der Waals surface area contributed by atoms with E-state index in [9.17, 15) is 9.59 Å². The predicted octanol–water partition coefficient (Wildman–Crippen LogP) is 1.78. The van der Waals surface area contributed by atoms with Gasteiger partial charge in [-0.1, -0.05) is 0 Å². The lowest BCUT2D eigenvalue weighted by atomic mass is 9.97. The van der Waals surface area contributed by atoms with Crippen LogP contribution < -0.4 is 0 Å². The molecule has 1 unspecified atom stereocenters. The molecule has 2 aliphatic rings. The largest absolute Gasteiger partial charge is 0.481 e. The van der Waals surface area contributed by atoms with Gasteiger partial charge >= 0.3 is 12.0 Å². The fourth-order valence-corrected chi connectivity index (χ4v) is 2.88. The summed E-state index contributed by atoms with van der Waals surface area (Å²) in [6.07, 6.45) is 4.54. The number of likely N-dealkylation sites (tertiary alicyclic amines) is 2. The number of hydrogen-bond donors (Lipinski definition) is 1. The average Bonchev–Trinajstić information content (AvgIpc) is 2.38. The molecule has 2 heterocycles. The molecule has 2 rings (SSSR count). The molecule has 0 aliphatic carbocycles. The summed E-state index contributed by atoms with van der Waals surface area (Å²) in [5.74, 6) is -0.999. The number of piperidine rings is 2. The Labute approximate surface area is 108 Å². The molecule has 0 bridgehead atoms. The Morgan fingerprint density at radius 2 is 1.72 bits per heavy atom. The number of carboxylic acids is 1. The van der Waals surface area contributed by atoms with Crippen LogP contribution in [0.15, 0.2) is 0 Å². The highest BCUT2D eigenvalue weighted by atomic mass is 16.4. The zero-order valence-corrected chi connectivity index (χ0v) is 11.0. The Bertz CT molecular complexity index is 324. The summed E-state index contributed by atoms with van der Waals surface area (Å²) < 4.78 is 0. The monoisotopic (exact) mass is 254 g/mol. The van der Waals surface area contributed by atoms with E-state index in [2.05, 4.69) is 6.92 Å². The molecule has 0 saturated carbocycles. The molecule has 5 heteroatoms. The van der Waals surface area contributed by atoms with Crippen molar-refractivity contribution in [2.75, 3.05) is 19.6 Å². The number of aliphatic carboxylic acids is 1. The maximum atomic E-state index is 12.3. The van der Waals surface area contributed by atoms with Crippen LogP contribution in [0.2, 0.25) is 0 Å². The minimum Gasteiger partial charge on any atom is -0.481 e. The number of carbonyl (C=O) groups excluding carboxylic acids is 1. The predicted molar refractivity (Wildman–Crippen MR) is 67.3 cm³/mol. The third-order valence-electron chi connectivity index (χ3n) is 4.16. The van der Waals surface area contributed by atoms with Crippen LogP contribution in [0, 0.1) is 5.92 Å². The lowest BCUT2D eigenvalue weighted by Crippen LogP contribution is -2.51. The number of hydrogen-bond acceptors (Lipinski definition) is 2. The molecule has 1 atom stereocenters. The second kappa shape index (κ2) is 5.59. The van der Waals surface area contributed by atoms with E-state index >= 15 is 0 Å². The number of rotatable bonds is 1. The maximum absolute atomic E-state index is 12.3. The van der Waals surface area contributed by atoms with Crippen LogP contribution in [0.5, 0.6) is 0 Å². The van der Waals surface area contributed by atoms with Gasteiger partial charge in [0.15, 0.2) is 0 Å². The van der Waals surface area contributed by atoms with Crippen LogP contribution in [0.3, 0.4) is 0 Å². The van der Waals surface area contributed by atoms with Crippen LogP contribution in [0.4, 0.5) is 4.79 Å². The highest BCUT2D eigenvalue weighted by Gasteiger charge is 2.31. The van der Waals surface area contributed by atoms with E-state index < -0.39 is 5.97 Å². The van der Waals surface area contributed by atoms with Gasteiger partial charge in [-0.2, -0.15) is 0 Å². The van der Waals surface area contributed by atoms with Crippen molar-refractivity contribution in [1.82, 2.24) is 9.80 Å². The first-order chi connectivity index (χ1) is 8.59. The molecule has 0 aromatic rings. The van der Waals surface area contributed by atoms with Gasteiger partial charge in [-0.25, -0.2) is 4.79 Å². The minimum absolute atomic E-state index is 0.103. The zero-order valence-electron chi connectivity index (χ0n) is 11.0. The van der Waals surface area contributed by atoms with Gasteiger partial charge in [-0.15, -0.1) is 0 Å². The van der Waals surface area contributed by atoms with Gasteiger partial charge in [0, 0.05) is 25.7 Å². The summed E-state index contributed by atoms with van der Waals surface area (Å²) in [6.45, 7) is 4.11. The molecule has 0 radical (unpaired) electrons. The SMILES string of the molecule is CC1CCCCN1C(=O)N1CCC(C(=O)O)CC1. The molecule has 5 nitrogen and oxygen atoms in total. The molecule has 1 N–H and O–H groups in total. The quantitative estimate of drug-likeness (QED) is 0.776. The molecule has 2 saturated heterocycles. The van der Waals surface area contributed by atoms with Crippen LogP contribution in [-0.4, -0.2) is 52.6 Å². The molecule has 102 valence electrons. The van der Waals surface area contributed by atoms with Crippen LogP contribution >= 0.6 is 0 Å². The van der Waals surface area contributed by atoms with E-state index in [1.807, 2.05) is 9.80 Å². The van der Waals surface area contributed by atoms with Crippen molar-refractivity contribution in [3.63, 3.8) is 0 Å². The number of carbonyl (C=O) groups is 2. The number of nitrogens with zero attached hydrogens (tertiary/aromatic N) is 2. The van der Waals surface area contributed by atoms with Crippen molar-refractivity contribution in [3.8, 4) is 0 Å². The van der Waals surface area contributed by atoms with Crippen LogP contribution in [0.25, 0.3) is 0 Å². The molecule has 0 spiro atoms. The van der Waals surface area contributed by atoms with Gasteiger partial charge in [0.1, 0.15) is 0 Å². The van der Waals surface area contributed by atoms with Gasteiger partial charge in [-0.3, -0.25) is 4.79 Å². The van der Waals surface area contributed by atoms with Crippen molar-refractivity contribution >= 4 is 12.0 Å². The van der Waals surface area contributed by atoms with Crippen molar-refractivity contribution in [2.45, 2.75) is 45.1 Å². The number of carboxylic acid groups (broad SMARTS) is 1. The fraction of sp³-hybridized carbons (Fsp3) is 0.846. The topological polar surface area (TPSA) is 60.9 Å². The smallest absolute Gasteiger partial charge is 0.320 e. The van der Waals surface area contributed by atoms with Crippen molar-refractivity contribution < 1.29 is 14.7 Å². The molecule has 0 aromatic heterocycles. The second-order valence-corrected chi connectivity index (χ2v) is 5.42. The van der Waals surface area contributed by atoms with Crippen molar-refractivity contribution in [2.24, 2.45) is 5.92 Å². The van der Waals surface area contributed by atoms with E-state index in [-0.39, 0.29) is 11.9 Å². The van der Waals surface area contributed by atoms with E-state index in [1.165, 1.54) is 6.42 Å². The highest BCUT2D eigenvalue weighted by Crippen LogP contribution is 2.22. The average molecular weight is 254 g/mol. The number of urea groups is 1. The maximum Gasteiger partial charge on any atom is 0.320 e. The molecular weight excluding hydrogens is 232 g/mol. The van der Waals surface area contributed by atoms with Gasteiger partial charge in [0.05, 0.1) is 5.92 Å². The van der Waals surface area contributed by atoms with Gasteiger partial charge in [0.25, 0.3) is 0 Å². The first-order valence-electron chi connectivity index (χ1n) is 6.88. The lowest BCUT2D eigenvalue weighted by molar-refractivity contribution is -0.143. The second-order valence-electron chi connectivity index (χ2n) is 5.42. The van der Waals surface area contributed by atoms with E-state index in [1.54, 1.807) is 0 Å². The van der Waals surface area contributed by atoms with Crippen molar-refractivity contribution in [3.05, 3.63) is 0 Å². The molecule has 18 heavy (non-hydrogen) atoms. The molecule has 2 aliphatic heterocycles. The Hall–Kier alpha value is -1.26. The fourth-order valence-electron chi connectivity index (χ4n) is 2.88. The van der Waals surface area contributed by atoms with Crippen molar-refractivity contribution in [1.29, 1.82) is 0 Å². The molecule has 2 fully saturated rings. The van der Waals surface area contributed by atoms with Gasteiger partial charge in [0.2, 0.25) is 0 Å². The molecular formula is C13H22N2O3. The van der Waals surface area contributed by atoms with Crippen LogP contribution in [-0.2, 0) is 4.79 Å². The lowest BCUT2D eigenvalue weighted by Gasteiger charge is -2.39. The standard InChI is InChI=1S/C13H22N2O3/c1-10-4-2-3-7-15(10)13(18)14-8-5-11(6-9-14)12(16)17/h10-11H,2-9H2,1H3,(H,16,17). The zero-order chi connectivity index (χ0) is 13.1. The Morgan fingerprint density at radius 1 is 1.06 bits per heavy atom. The first-order valence-corrected chi connectivity index (χ1v) is 6.88. The summed E-state index contributed by atoms with van der Waals surface area (Å²) in [4.78, 5) is 27.0. The van der Waals surface area contributed by atoms with Gasteiger partial charge < -0.3 is 14.9 Å². The normalized spacial score (nSPS) is 26.2. The Morgan fingerprint density at radius 3 is 2.28 bits per heavy atom. The highest BCUT2D eigenvalue weighted by molar-refractivity contribution is 5.76. The molecule has 2 amide bonds. The van der Waals surface area contributed by atoms with E-state index in [4.69, 9.17) is 5.11 Å². The summed E-state index contributed by atoms with van der Waals surface area (Å²) in [5, 5.41) is 8.94. The Kier molecular flexibility index (Phi) is 4.09. The third-order valence-corrected chi connectivity index (χ3v) is 4.16. The summed E-state index contributed by atoms with van der Waals surface area (Å²) in [5.41, 5.74) is 0. The van der Waals surface area contributed by atoms with E-state index in [0.717, 1.165) is 19.4 Å². The summed E-state index contributed by atoms with van der Waals surface area (Å²) >= 11 is 0. The van der Waals surface area contributed by atoms with Crippen LogP contribution in [0.1, 0.15) is 39.0 Å². The van der Waals surface area contributed by atoms with Gasteiger partial charge in [-0.05, 0) is 39.0 Å². The van der Waals surface area contributed by atoms with E-state index in [0.29, 0.717) is 32.0 Å². The first kappa shape index (κ1) is 13.2. The minimum atomic E-state index is -0.728. The Balaban J connectivity index is 1.88. The summed E-state index contributed by atoms with van der Waals surface area (Å²) in [6, 6.07) is 0.425.